The number of anilines is 1. The van der Waals surface area contributed by atoms with Crippen molar-refractivity contribution < 1.29 is 8.42 Å². The molecule has 2 aromatic rings. The van der Waals surface area contributed by atoms with Gasteiger partial charge in [-0.2, -0.15) is 8.42 Å². The SMILES string of the molecule is CCn1cc(S(=O)(=O)Nc2ccccc2C(C)Cl)nc1C. The molecule has 0 bridgehead atoms. The second-order valence-electron chi connectivity index (χ2n) is 4.72. The number of nitrogens with zero attached hydrogens (tertiary/aromatic N) is 2. The molecule has 0 spiro atoms. The Hall–Kier alpha value is -1.53. The zero-order chi connectivity index (χ0) is 15.6. The average molecular weight is 328 g/mol. The van der Waals surface area contributed by atoms with Gasteiger partial charge in [-0.25, -0.2) is 4.98 Å². The fraction of sp³-hybridized carbons (Fsp3) is 0.357. The molecule has 1 N–H and O–H groups in total. The second kappa shape index (κ2) is 6.07. The molecule has 1 aromatic carbocycles. The van der Waals surface area contributed by atoms with Crippen LogP contribution < -0.4 is 4.72 Å². The zero-order valence-electron chi connectivity index (χ0n) is 12.2. The number of halogens is 1. The van der Waals surface area contributed by atoms with Crippen LogP contribution in [0, 0.1) is 6.92 Å². The van der Waals surface area contributed by atoms with Crippen LogP contribution in [0.1, 0.15) is 30.6 Å². The molecular weight excluding hydrogens is 310 g/mol. The molecule has 0 radical (unpaired) electrons. The van der Waals surface area contributed by atoms with Crippen LogP contribution in [0.3, 0.4) is 0 Å². The van der Waals surface area contributed by atoms with E-state index in [9.17, 15) is 8.42 Å². The van der Waals surface area contributed by atoms with Gasteiger partial charge in [0.15, 0.2) is 5.03 Å². The van der Waals surface area contributed by atoms with Crippen molar-refractivity contribution in [1.82, 2.24) is 9.55 Å². The molecule has 114 valence electrons. The van der Waals surface area contributed by atoms with Gasteiger partial charge in [-0.3, -0.25) is 4.72 Å². The van der Waals surface area contributed by atoms with E-state index in [1.165, 1.54) is 6.20 Å². The molecule has 0 saturated carbocycles. The molecule has 0 fully saturated rings. The van der Waals surface area contributed by atoms with Gasteiger partial charge in [0.25, 0.3) is 10.0 Å². The third-order valence-electron chi connectivity index (χ3n) is 3.20. The van der Waals surface area contributed by atoms with Crippen molar-refractivity contribution >= 4 is 27.3 Å². The van der Waals surface area contributed by atoms with E-state index in [1.54, 1.807) is 36.6 Å². The number of para-hydroxylation sites is 1. The van der Waals surface area contributed by atoms with Gasteiger partial charge in [-0.05, 0) is 32.4 Å². The first-order valence-corrected chi connectivity index (χ1v) is 8.56. The molecule has 0 amide bonds. The van der Waals surface area contributed by atoms with Gasteiger partial charge >= 0.3 is 0 Å². The third kappa shape index (κ3) is 3.39. The van der Waals surface area contributed by atoms with Crippen molar-refractivity contribution in [3.63, 3.8) is 0 Å². The van der Waals surface area contributed by atoms with Gasteiger partial charge < -0.3 is 4.57 Å². The van der Waals surface area contributed by atoms with Crippen LogP contribution in [0.15, 0.2) is 35.5 Å². The lowest BCUT2D eigenvalue weighted by molar-refractivity contribution is 0.598. The molecule has 1 atom stereocenters. The highest BCUT2D eigenvalue weighted by molar-refractivity contribution is 7.92. The van der Waals surface area contributed by atoms with E-state index in [-0.39, 0.29) is 10.4 Å². The van der Waals surface area contributed by atoms with Crippen LogP contribution in [-0.2, 0) is 16.6 Å². The summed E-state index contributed by atoms with van der Waals surface area (Å²) in [7, 11) is -3.72. The number of hydrogen-bond acceptors (Lipinski definition) is 3. The van der Waals surface area contributed by atoms with Gasteiger partial charge in [0, 0.05) is 12.7 Å². The zero-order valence-corrected chi connectivity index (χ0v) is 13.7. The number of rotatable bonds is 5. The van der Waals surface area contributed by atoms with Crippen LogP contribution in [0.4, 0.5) is 5.69 Å². The quantitative estimate of drug-likeness (QED) is 0.857. The number of aryl methyl sites for hydroxylation is 2. The Labute approximate surface area is 130 Å². The summed E-state index contributed by atoms with van der Waals surface area (Å²) < 4.78 is 29.2. The molecular formula is C14H18ClN3O2S. The number of benzene rings is 1. The van der Waals surface area contributed by atoms with E-state index in [2.05, 4.69) is 9.71 Å². The molecule has 0 aliphatic heterocycles. The molecule has 7 heteroatoms. The Morgan fingerprint density at radius 2 is 2.05 bits per heavy atom. The van der Waals surface area contributed by atoms with Gasteiger partial charge in [0.2, 0.25) is 0 Å². The Bertz CT molecular complexity index is 738. The minimum Gasteiger partial charge on any atom is -0.334 e. The van der Waals surface area contributed by atoms with Crippen LogP contribution in [0.25, 0.3) is 0 Å². The maximum absolute atomic E-state index is 12.4. The average Bonchev–Trinajstić information content (AvgIpc) is 2.81. The second-order valence-corrected chi connectivity index (χ2v) is 7.01. The lowest BCUT2D eigenvalue weighted by Crippen LogP contribution is -2.14. The van der Waals surface area contributed by atoms with Crippen molar-refractivity contribution in [3.05, 3.63) is 41.9 Å². The number of aromatic nitrogens is 2. The lowest BCUT2D eigenvalue weighted by atomic mass is 10.1. The van der Waals surface area contributed by atoms with Crippen LogP contribution in [0.2, 0.25) is 0 Å². The van der Waals surface area contributed by atoms with Crippen molar-refractivity contribution in [2.75, 3.05) is 4.72 Å². The third-order valence-corrected chi connectivity index (χ3v) is 4.67. The van der Waals surface area contributed by atoms with E-state index in [0.29, 0.717) is 18.1 Å². The Morgan fingerprint density at radius 3 is 2.62 bits per heavy atom. The van der Waals surface area contributed by atoms with Crippen LogP contribution in [-0.4, -0.2) is 18.0 Å². The molecule has 5 nitrogen and oxygen atoms in total. The first-order chi connectivity index (χ1) is 9.85. The lowest BCUT2D eigenvalue weighted by Gasteiger charge is -2.12. The number of imidazole rings is 1. The summed E-state index contributed by atoms with van der Waals surface area (Å²) in [5, 5.41) is -0.280. The fourth-order valence-electron chi connectivity index (χ4n) is 2.06. The van der Waals surface area contributed by atoms with Crippen LogP contribution in [0.5, 0.6) is 0 Å². The van der Waals surface area contributed by atoms with E-state index in [1.807, 2.05) is 13.0 Å². The topological polar surface area (TPSA) is 64.0 Å². The first kappa shape index (κ1) is 15.9. The highest BCUT2D eigenvalue weighted by atomic mass is 35.5. The molecule has 0 saturated heterocycles. The minimum absolute atomic E-state index is 0.0129. The van der Waals surface area contributed by atoms with Crippen molar-refractivity contribution in [3.8, 4) is 0 Å². The highest BCUT2D eigenvalue weighted by Crippen LogP contribution is 2.28. The Morgan fingerprint density at radius 1 is 1.38 bits per heavy atom. The molecule has 0 aliphatic carbocycles. The van der Waals surface area contributed by atoms with E-state index in [0.717, 1.165) is 5.56 Å². The highest BCUT2D eigenvalue weighted by Gasteiger charge is 2.21. The van der Waals surface area contributed by atoms with Crippen LogP contribution >= 0.6 is 11.6 Å². The first-order valence-electron chi connectivity index (χ1n) is 6.64. The normalized spacial score (nSPS) is 13.1. The van der Waals surface area contributed by atoms with Gasteiger partial charge in [0.05, 0.1) is 11.1 Å². The smallest absolute Gasteiger partial charge is 0.280 e. The van der Waals surface area contributed by atoms with E-state index in [4.69, 9.17) is 11.6 Å². The minimum atomic E-state index is -3.72. The summed E-state index contributed by atoms with van der Waals surface area (Å²) in [5.74, 6) is 0.664. The molecule has 2 rings (SSSR count). The van der Waals surface area contributed by atoms with Gasteiger partial charge in [-0.15, -0.1) is 11.6 Å². The molecule has 21 heavy (non-hydrogen) atoms. The molecule has 1 aromatic heterocycles. The Balaban J connectivity index is 2.37. The molecule has 1 unspecified atom stereocenters. The van der Waals surface area contributed by atoms with Gasteiger partial charge in [0.1, 0.15) is 5.82 Å². The predicted octanol–water partition coefficient (Wildman–Crippen LogP) is 3.31. The van der Waals surface area contributed by atoms with E-state index < -0.39 is 10.0 Å². The monoisotopic (exact) mass is 327 g/mol. The number of hydrogen-bond donors (Lipinski definition) is 1. The van der Waals surface area contributed by atoms with E-state index >= 15 is 0 Å². The summed E-state index contributed by atoms with van der Waals surface area (Å²) in [5.41, 5.74) is 1.21. The molecule has 0 aliphatic rings. The summed E-state index contributed by atoms with van der Waals surface area (Å²) in [6.45, 7) is 6.18. The van der Waals surface area contributed by atoms with Crippen molar-refractivity contribution in [2.24, 2.45) is 0 Å². The predicted molar refractivity (Wildman–Crippen MR) is 84.2 cm³/mol. The van der Waals surface area contributed by atoms with Crippen molar-refractivity contribution in [1.29, 1.82) is 0 Å². The number of alkyl halides is 1. The number of nitrogens with one attached hydrogen (secondary N) is 1. The van der Waals surface area contributed by atoms with Crippen molar-refractivity contribution in [2.45, 2.75) is 37.7 Å². The summed E-state index contributed by atoms with van der Waals surface area (Å²) >= 11 is 6.08. The standard InChI is InChI=1S/C14H18ClN3O2S/c1-4-18-9-14(16-11(18)3)21(19,20)17-13-8-6-5-7-12(13)10(2)15/h5-10,17H,4H2,1-3H3. The number of sulfonamides is 1. The maximum atomic E-state index is 12.4. The summed E-state index contributed by atoms with van der Waals surface area (Å²) in [4.78, 5) is 4.10. The maximum Gasteiger partial charge on any atom is 0.280 e. The largest absolute Gasteiger partial charge is 0.334 e. The van der Waals surface area contributed by atoms with Gasteiger partial charge in [-0.1, -0.05) is 18.2 Å². The Kier molecular flexibility index (Phi) is 4.58. The summed E-state index contributed by atoms with van der Waals surface area (Å²) in [6.07, 6.45) is 1.53. The molecule has 1 heterocycles. The summed E-state index contributed by atoms with van der Waals surface area (Å²) in [6, 6.07) is 7.07. The fourth-order valence-corrected chi connectivity index (χ4v) is 3.35.